The van der Waals surface area contributed by atoms with Crippen molar-refractivity contribution in [1.29, 1.82) is 0 Å². The third-order valence-electron chi connectivity index (χ3n) is 8.53. The summed E-state index contributed by atoms with van der Waals surface area (Å²) in [5, 5.41) is 6.53. The Morgan fingerprint density at radius 3 is 1.71 bits per heavy atom. The molecule has 8 rings (SSSR count). The maximum atomic E-state index is 6.41. The van der Waals surface area contributed by atoms with Gasteiger partial charge >= 0.3 is 0 Å². The van der Waals surface area contributed by atoms with Gasteiger partial charge in [0.1, 0.15) is 5.58 Å². The second-order valence-electron chi connectivity index (χ2n) is 11.3. The number of hydrogen-bond donors (Lipinski definition) is 0. The van der Waals surface area contributed by atoms with Crippen LogP contribution in [0.4, 0.5) is 0 Å². The van der Waals surface area contributed by atoms with Crippen LogP contribution >= 0.6 is 0 Å². The summed E-state index contributed by atoms with van der Waals surface area (Å²) >= 11 is 0. The Labute approximate surface area is 262 Å². The third kappa shape index (κ3) is 4.56. The van der Waals surface area contributed by atoms with E-state index in [1.54, 1.807) is 0 Å². The van der Waals surface area contributed by atoms with Crippen LogP contribution in [0.25, 0.3) is 44.6 Å². The highest BCUT2D eigenvalue weighted by atomic mass is 28.3. The molecule has 0 amide bonds. The van der Waals surface area contributed by atoms with Gasteiger partial charge in [0.15, 0.2) is 0 Å². The average Bonchev–Trinajstić information content (AvgIpc) is 3.48. The third-order valence-corrected chi connectivity index (χ3v) is 13.0. The predicted octanol–water partition coefficient (Wildman–Crippen LogP) is 6.79. The number of hydrogen-bond acceptors (Lipinski definition) is 4. The Kier molecular flexibility index (Phi) is 6.66. The normalized spacial score (nSPS) is 11.7. The zero-order valence-electron chi connectivity index (χ0n) is 24.8. The number of pyridine rings is 3. The Bertz CT molecular complexity index is 2240. The first-order valence-electron chi connectivity index (χ1n) is 15.1. The summed E-state index contributed by atoms with van der Waals surface area (Å²) in [4.78, 5) is 15.6. The lowest BCUT2D eigenvalue weighted by molar-refractivity contribution is 0.653. The van der Waals surface area contributed by atoms with Crippen molar-refractivity contribution in [1.82, 2.24) is 15.0 Å². The minimum Gasteiger partial charge on any atom is -0.437 e. The molecule has 5 heteroatoms. The van der Waals surface area contributed by atoms with Gasteiger partial charge in [0, 0.05) is 38.2 Å². The number of rotatable bonds is 6. The highest BCUT2D eigenvalue weighted by Gasteiger charge is 2.44. The Morgan fingerprint density at radius 1 is 0.467 bits per heavy atom. The summed E-state index contributed by atoms with van der Waals surface area (Å²) in [7, 11) is -3.00. The van der Waals surface area contributed by atoms with Crippen molar-refractivity contribution in [3.8, 4) is 22.5 Å². The summed E-state index contributed by atoms with van der Waals surface area (Å²) in [6.07, 6.45) is 0. The smallest absolute Gasteiger partial charge is 0.227 e. The van der Waals surface area contributed by atoms with Gasteiger partial charge in [0.05, 0.1) is 11.4 Å². The topological polar surface area (TPSA) is 51.8 Å². The van der Waals surface area contributed by atoms with E-state index in [1.807, 2.05) is 19.1 Å². The van der Waals surface area contributed by atoms with Gasteiger partial charge in [-0.25, -0.2) is 4.98 Å². The lowest BCUT2D eigenvalue weighted by atomic mass is 10.1. The van der Waals surface area contributed by atoms with E-state index in [4.69, 9.17) is 14.4 Å². The van der Waals surface area contributed by atoms with Crippen molar-refractivity contribution in [2.24, 2.45) is 0 Å². The molecule has 0 N–H and O–H groups in total. The molecular formula is C40H29N3OSi. The summed E-state index contributed by atoms with van der Waals surface area (Å²) in [5.41, 5.74) is 6.21. The van der Waals surface area contributed by atoms with Crippen molar-refractivity contribution < 1.29 is 4.42 Å². The molecular weight excluding hydrogens is 567 g/mol. The summed E-state index contributed by atoms with van der Waals surface area (Å²) in [6, 6.07) is 55.1. The molecule has 45 heavy (non-hydrogen) atoms. The predicted molar refractivity (Wildman–Crippen MR) is 186 cm³/mol. The van der Waals surface area contributed by atoms with Crippen LogP contribution in [0.3, 0.4) is 0 Å². The van der Waals surface area contributed by atoms with Gasteiger partial charge in [-0.3, -0.25) is 9.97 Å². The van der Waals surface area contributed by atoms with Gasteiger partial charge in [-0.05, 0) is 59.8 Å². The molecule has 8 aromatic rings. The van der Waals surface area contributed by atoms with Crippen LogP contribution in [0.5, 0.6) is 0 Å². The number of fused-ring (bicyclic) bond motifs is 3. The quantitative estimate of drug-likeness (QED) is 0.199. The summed E-state index contributed by atoms with van der Waals surface area (Å²) in [5.74, 6) is 0. The molecule has 0 aliphatic carbocycles. The average molecular weight is 596 g/mol. The first kappa shape index (κ1) is 26.9. The molecule has 0 unspecified atom stereocenters. The second kappa shape index (κ2) is 11.1. The van der Waals surface area contributed by atoms with Crippen LogP contribution in [-0.2, 0) is 0 Å². The highest BCUT2D eigenvalue weighted by molar-refractivity contribution is 7.19. The molecule has 4 aromatic heterocycles. The lowest BCUT2D eigenvalue weighted by Gasteiger charge is -2.32. The maximum absolute atomic E-state index is 6.41. The zero-order valence-corrected chi connectivity index (χ0v) is 25.8. The molecule has 214 valence electrons. The molecule has 0 aliphatic rings. The molecule has 4 nitrogen and oxygen atoms in total. The number of aromatic nitrogens is 3. The minimum absolute atomic E-state index is 0.646. The van der Waals surface area contributed by atoms with E-state index in [0.29, 0.717) is 5.71 Å². The molecule has 0 spiro atoms. The molecule has 0 aliphatic heterocycles. The number of para-hydroxylation sites is 1. The molecule has 0 atom stereocenters. The SMILES string of the molecule is Cc1ccc2c(n1)oc1c(-c3cccc([Si](c4ccccc4)(c4ccccc4)c4cccc(-c5ccccc5)n4)n3)cccc12. The number of nitrogens with zero attached hydrogens (tertiary/aromatic N) is 3. The van der Waals surface area contributed by atoms with Gasteiger partial charge in [-0.2, -0.15) is 0 Å². The van der Waals surface area contributed by atoms with E-state index < -0.39 is 8.07 Å². The van der Waals surface area contributed by atoms with Crippen LogP contribution < -0.4 is 21.0 Å². The van der Waals surface area contributed by atoms with E-state index in [0.717, 1.165) is 55.2 Å². The van der Waals surface area contributed by atoms with Crippen molar-refractivity contribution in [2.45, 2.75) is 6.92 Å². The molecule has 0 radical (unpaired) electrons. The fourth-order valence-electron chi connectivity index (χ4n) is 6.45. The molecule has 4 aromatic carbocycles. The molecule has 0 saturated carbocycles. The van der Waals surface area contributed by atoms with Crippen LogP contribution in [0, 0.1) is 6.92 Å². The van der Waals surface area contributed by atoms with Gasteiger partial charge in [0.25, 0.3) is 0 Å². The summed E-state index contributed by atoms with van der Waals surface area (Å²) < 4.78 is 6.41. The van der Waals surface area contributed by atoms with Crippen molar-refractivity contribution in [3.63, 3.8) is 0 Å². The van der Waals surface area contributed by atoms with Crippen LogP contribution in [0.15, 0.2) is 162 Å². The van der Waals surface area contributed by atoms with Gasteiger partial charge in [-0.15, -0.1) is 0 Å². The maximum Gasteiger partial charge on any atom is 0.227 e. The van der Waals surface area contributed by atoms with Gasteiger partial charge < -0.3 is 4.42 Å². The lowest BCUT2D eigenvalue weighted by Crippen LogP contribution is -2.76. The monoisotopic (exact) mass is 595 g/mol. The summed E-state index contributed by atoms with van der Waals surface area (Å²) in [6.45, 7) is 1.98. The van der Waals surface area contributed by atoms with Gasteiger partial charge in [-0.1, -0.05) is 115 Å². The van der Waals surface area contributed by atoms with E-state index in [1.165, 1.54) is 10.4 Å². The fourth-order valence-corrected chi connectivity index (χ4v) is 10.9. The van der Waals surface area contributed by atoms with E-state index in [9.17, 15) is 0 Å². The highest BCUT2D eigenvalue weighted by Crippen LogP contribution is 2.34. The van der Waals surface area contributed by atoms with Crippen molar-refractivity contribution >= 4 is 51.2 Å². The van der Waals surface area contributed by atoms with Crippen molar-refractivity contribution in [2.75, 3.05) is 0 Å². The number of furan rings is 1. The number of benzene rings is 4. The number of aryl methyl sites for hydroxylation is 1. The zero-order chi connectivity index (χ0) is 30.2. The van der Waals surface area contributed by atoms with Crippen LogP contribution in [0.1, 0.15) is 5.69 Å². The Morgan fingerprint density at radius 2 is 1.04 bits per heavy atom. The fraction of sp³-hybridized carbons (Fsp3) is 0.0250. The van der Waals surface area contributed by atoms with Crippen molar-refractivity contribution in [3.05, 3.63) is 163 Å². The Hall–Kier alpha value is -5.65. The molecule has 0 bridgehead atoms. The largest absolute Gasteiger partial charge is 0.437 e. The van der Waals surface area contributed by atoms with E-state index in [-0.39, 0.29) is 0 Å². The second-order valence-corrected chi connectivity index (χ2v) is 14.9. The minimum atomic E-state index is -3.00. The van der Waals surface area contributed by atoms with Crippen LogP contribution in [0.2, 0.25) is 0 Å². The molecule has 4 heterocycles. The first-order chi connectivity index (χ1) is 22.2. The van der Waals surface area contributed by atoms with E-state index in [2.05, 4.69) is 151 Å². The van der Waals surface area contributed by atoms with E-state index >= 15 is 0 Å². The molecule has 0 saturated heterocycles. The molecule has 0 fully saturated rings. The van der Waals surface area contributed by atoms with Gasteiger partial charge in [0.2, 0.25) is 13.8 Å². The first-order valence-corrected chi connectivity index (χ1v) is 17.1. The Balaban J connectivity index is 1.41. The van der Waals surface area contributed by atoms with Crippen LogP contribution in [-0.4, -0.2) is 23.0 Å². The standard InChI is InChI=1S/C40H29N3OSi/c1-28-26-27-33-32-20-11-21-34(39(32)44-40(33)41-28)36-23-13-25-38(43-36)45(30-16-7-3-8-17-30,31-18-9-4-10-19-31)37-24-12-22-35(42-37)29-14-5-2-6-15-29/h2-27H,1H3.